The Balaban J connectivity index is 2.56. The van der Waals surface area contributed by atoms with Crippen molar-refractivity contribution in [1.82, 2.24) is 9.97 Å². The number of benzene rings is 1. The maximum absolute atomic E-state index is 13.4. The van der Waals surface area contributed by atoms with Crippen molar-refractivity contribution in [3.63, 3.8) is 0 Å². The lowest BCUT2D eigenvalue weighted by atomic mass is 10.1. The molecule has 0 saturated heterocycles. The highest BCUT2D eigenvalue weighted by atomic mass is 79.9. The molecule has 2 aromatic rings. The number of H-pyrrole nitrogens is 1. The van der Waals surface area contributed by atoms with Crippen molar-refractivity contribution in [2.45, 2.75) is 6.42 Å². The summed E-state index contributed by atoms with van der Waals surface area (Å²) in [7, 11) is 1.54. The molecular weight excluding hydrogens is 301 g/mol. The summed E-state index contributed by atoms with van der Waals surface area (Å²) in [6.45, 7) is 0.485. The van der Waals surface area contributed by atoms with Crippen LogP contribution in [0.4, 0.5) is 4.39 Å². The van der Waals surface area contributed by atoms with E-state index >= 15 is 0 Å². The zero-order chi connectivity index (χ0) is 13.1. The summed E-state index contributed by atoms with van der Waals surface area (Å²) >= 11 is 3.27. The number of hydrogen-bond acceptors (Lipinski definition) is 3. The molecule has 1 aromatic carbocycles. The first-order chi connectivity index (χ1) is 8.65. The number of halogens is 2. The van der Waals surface area contributed by atoms with Crippen molar-refractivity contribution < 1.29 is 9.13 Å². The van der Waals surface area contributed by atoms with Gasteiger partial charge in [-0.2, -0.15) is 0 Å². The van der Waals surface area contributed by atoms with E-state index in [0.717, 1.165) is 5.69 Å². The van der Waals surface area contributed by atoms with Gasteiger partial charge in [-0.05, 0) is 40.7 Å². The Labute approximate surface area is 112 Å². The van der Waals surface area contributed by atoms with Crippen LogP contribution >= 0.6 is 15.9 Å². The summed E-state index contributed by atoms with van der Waals surface area (Å²) in [5, 5.41) is 0. The molecule has 1 heterocycles. The molecule has 6 heteroatoms. The van der Waals surface area contributed by atoms with Gasteiger partial charge in [-0.3, -0.25) is 0 Å². The van der Waals surface area contributed by atoms with Gasteiger partial charge in [-0.1, -0.05) is 0 Å². The maximum Gasteiger partial charge on any atom is 0.175 e. The SMILES string of the molecule is COc1ccc(F)cc1-c1nc(Br)[nH]c1CCN. The molecule has 0 bridgehead atoms. The van der Waals surface area contributed by atoms with E-state index in [2.05, 4.69) is 25.9 Å². The van der Waals surface area contributed by atoms with Gasteiger partial charge >= 0.3 is 0 Å². The standard InChI is InChI=1S/C12H13BrFN3O/c1-18-10-3-2-7(14)6-8(10)11-9(4-5-15)16-12(13)17-11/h2-3,6H,4-5,15H2,1H3,(H,16,17). The second-order valence-electron chi connectivity index (χ2n) is 3.74. The van der Waals surface area contributed by atoms with Gasteiger partial charge < -0.3 is 15.5 Å². The number of aromatic amines is 1. The highest BCUT2D eigenvalue weighted by Crippen LogP contribution is 2.32. The lowest BCUT2D eigenvalue weighted by molar-refractivity contribution is 0.415. The molecule has 0 aliphatic rings. The number of nitrogens with one attached hydrogen (secondary N) is 1. The van der Waals surface area contributed by atoms with Gasteiger partial charge in [-0.25, -0.2) is 9.37 Å². The Bertz CT molecular complexity index is 556. The van der Waals surface area contributed by atoms with Crippen LogP contribution in [0.1, 0.15) is 5.69 Å². The van der Waals surface area contributed by atoms with E-state index in [1.165, 1.54) is 12.1 Å². The van der Waals surface area contributed by atoms with Crippen LogP contribution in [0.5, 0.6) is 5.75 Å². The number of hydrogen-bond donors (Lipinski definition) is 2. The van der Waals surface area contributed by atoms with Crippen LogP contribution in [0.25, 0.3) is 11.3 Å². The lowest BCUT2D eigenvalue weighted by Crippen LogP contribution is -2.04. The average Bonchev–Trinajstić information content (AvgIpc) is 2.71. The van der Waals surface area contributed by atoms with Crippen molar-refractivity contribution in [2.75, 3.05) is 13.7 Å². The van der Waals surface area contributed by atoms with Crippen molar-refractivity contribution in [2.24, 2.45) is 5.73 Å². The number of aromatic nitrogens is 2. The van der Waals surface area contributed by atoms with Gasteiger partial charge in [0.25, 0.3) is 0 Å². The molecular formula is C12H13BrFN3O. The van der Waals surface area contributed by atoms with Crippen LogP contribution in [0, 0.1) is 5.82 Å². The molecule has 0 unspecified atom stereocenters. The zero-order valence-electron chi connectivity index (χ0n) is 9.84. The molecule has 2 rings (SSSR count). The molecule has 18 heavy (non-hydrogen) atoms. The van der Waals surface area contributed by atoms with E-state index in [0.29, 0.717) is 34.7 Å². The summed E-state index contributed by atoms with van der Waals surface area (Å²) in [5.74, 6) is 0.247. The van der Waals surface area contributed by atoms with Gasteiger partial charge in [0.05, 0.1) is 12.8 Å². The predicted molar refractivity (Wildman–Crippen MR) is 71.0 cm³/mol. The third kappa shape index (κ3) is 2.54. The van der Waals surface area contributed by atoms with Gasteiger partial charge in [0.15, 0.2) is 4.73 Å². The smallest absolute Gasteiger partial charge is 0.175 e. The normalized spacial score (nSPS) is 10.7. The number of methoxy groups -OCH3 is 1. The number of imidazole rings is 1. The van der Waals surface area contributed by atoms with E-state index in [4.69, 9.17) is 10.5 Å². The number of nitrogens with two attached hydrogens (primary N) is 1. The first-order valence-corrected chi connectivity index (χ1v) is 6.23. The average molecular weight is 314 g/mol. The Morgan fingerprint density at radius 2 is 2.28 bits per heavy atom. The fraction of sp³-hybridized carbons (Fsp3) is 0.250. The second-order valence-corrected chi connectivity index (χ2v) is 4.49. The lowest BCUT2D eigenvalue weighted by Gasteiger charge is -2.08. The van der Waals surface area contributed by atoms with E-state index < -0.39 is 0 Å². The number of ether oxygens (including phenoxy) is 1. The number of rotatable bonds is 4. The first-order valence-electron chi connectivity index (χ1n) is 5.44. The van der Waals surface area contributed by atoms with Gasteiger partial charge in [0.1, 0.15) is 11.6 Å². The molecule has 0 saturated carbocycles. The van der Waals surface area contributed by atoms with Gasteiger partial charge in [-0.15, -0.1) is 0 Å². The molecule has 0 radical (unpaired) electrons. The highest BCUT2D eigenvalue weighted by molar-refractivity contribution is 9.10. The molecule has 3 N–H and O–H groups in total. The Hall–Kier alpha value is -1.40. The minimum Gasteiger partial charge on any atom is -0.496 e. The van der Waals surface area contributed by atoms with Crippen LogP contribution < -0.4 is 10.5 Å². The molecule has 0 amide bonds. The van der Waals surface area contributed by atoms with Crippen LogP contribution in [0.2, 0.25) is 0 Å². The van der Waals surface area contributed by atoms with Crippen LogP contribution in [0.3, 0.4) is 0 Å². The van der Waals surface area contributed by atoms with Crippen LogP contribution in [-0.2, 0) is 6.42 Å². The van der Waals surface area contributed by atoms with E-state index in [-0.39, 0.29) is 5.82 Å². The van der Waals surface area contributed by atoms with E-state index in [1.54, 1.807) is 13.2 Å². The summed E-state index contributed by atoms with van der Waals surface area (Å²) < 4.78 is 19.2. The van der Waals surface area contributed by atoms with Crippen molar-refractivity contribution in [3.05, 3.63) is 34.4 Å². The highest BCUT2D eigenvalue weighted by Gasteiger charge is 2.15. The molecule has 0 atom stereocenters. The van der Waals surface area contributed by atoms with E-state index in [9.17, 15) is 4.39 Å². The largest absolute Gasteiger partial charge is 0.496 e. The summed E-state index contributed by atoms with van der Waals surface area (Å²) in [6.07, 6.45) is 0.633. The topological polar surface area (TPSA) is 63.9 Å². The van der Waals surface area contributed by atoms with E-state index in [1.807, 2.05) is 0 Å². The maximum atomic E-state index is 13.4. The fourth-order valence-electron chi connectivity index (χ4n) is 1.79. The predicted octanol–water partition coefficient (Wildman–Crippen LogP) is 2.49. The minimum absolute atomic E-state index is 0.330. The summed E-state index contributed by atoms with van der Waals surface area (Å²) in [6, 6.07) is 4.34. The molecule has 1 aromatic heterocycles. The summed E-state index contributed by atoms with van der Waals surface area (Å²) in [5.41, 5.74) is 7.67. The third-order valence-electron chi connectivity index (χ3n) is 2.56. The van der Waals surface area contributed by atoms with Crippen LogP contribution in [-0.4, -0.2) is 23.6 Å². The molecule has 4 nitrogen and oxygen atoms in total. The Morgan fingerprint density at radius 1 is 1.50 bits per heavy atom. The quantitative estimate of drug-likeness (QED) is 0.911. The number of nitrogens with zero attached hydrogens (tertiary/aromatic N) is 1. The van der Waals surface area contributed by atoms with Crippen molar-refractivity contribution in [1.29, 1.82) is 0 Å². The minimum atomic E-state index is -0.330. The van der Waals surface area contributed by atoms with Gasteiger partial charge in [0.2, 0.25) is 0 Å². The second kappa shape index (κ2) is 5.49. The first kappa shape index (κ1) is 13.0. The summed E-state index contributed by atoms with van der Waals surface area (Å²) in [4.78, 5) is 7.37. The van der Waals surface area contributed by atoms with Crippen molar-refractivity contribution in [3.8, 4) is 17.0 Å². The molecule has 0 fully saturated rings. The fourth-order valence-corrected chi connectivity index (χ4v) is 2.21. The third-order valence-corrected chi connectivity index (χ3v) is 2.94. The Kier molecular flexibility index (Phi) is 3.98. The molecule has 0 aliphatic heterocycles. The van der Waals surface area contributed by atoms with Crippen molar-refractivity contribution >= 4 is 15.9 Å². The zero-order valence-corrected chi connectivity index (χ0v) is 11.4. The molecule has 0 spiro atoms. The Morgan fingerprint density at radius 3 is 2.94 bits per heavy atom. The molecule has 96 valence electrons. The van der Waals surface area contributed by atoms with Gasteiger partial charge in [0, 0.05) is 17.7 Å². The molecule has 0 aliphatic carbocycles. The van der Waals surface area contributed by atoms with Crippen LogP contribution in [0.15, 0.2) is 22.9 Å². The monoisotopic (exact) mass is 313 g/mol.